The van der Waals surface area contributed by atoms with Crippen LogP contribution >= 0.6 is 0 Å². The molecule has 4 heterocycles. The minimum absolute atomic E-state index is 0.0114. The van der Waals surface area contributed by atoms with Crippen LogP contribution in [0.4, 0.5) is 0 Å². The second-order valence-electron chi connectivity index (χ2n) is 7.02. The van der Waals surface area contributed by atoms with Gasteiger partial charge >= 0.3 is 0 Å². The molecule has 0 bridgehead atoms. The van der Waals surface area contributed by atoms with Crippen LogP contribution in [0.25, 0.3) is 11.0 Å². The summed E-state index contributed by atoms with van der Waals surface area (Å²) in [5.74, 6) is -0.642. The number of nitrogens with zero attached hydrogens (tertiary/aromatic N) is 3. The smallest absolute Gasteiger partial charge is 0.163 e. The van der Waals surface area contributed by atoms with Crippen LogP contribution in [-0.2, 0) is 16.0 Å². The molecule has 2 aromatic heterocycles. The third-order valence-electron chi connectivity index (χ3n) is 5.02. The quantitative estimate of drug-likeness (QED) is 0.881. The van der Waals surface area contributed by atoms with E-state index in [1.54, 1.807) is 6.33 Å². The van der Waals surface area contributed by atoms with Gasteiger partial charge in [0.1, 0.15) is 18.5 Å². The number of hydrogen-bond acceptors (Lipinski definition) is 6. The van der Waals surface area contributed by atoms with Crippen molar-refractivity contribution in [2.45, 2.75) is 64.3 Å². The molecule has 7 nitrogen and oxygen atoms in total. The molecule has 2 aromatic rings. The summed E-state index contributed by atoms with van der Waals surface area (Å²) >= 11 is 0. The minimum atomic E-state index is -0.642. The Morgan fingerprint density at radius 2 is 2.04 bits per heavy atom. The highest BCUT2D eigenvalue weighted by Gasteiger charge is 2.54. The van der Waals surface area contributed by atoms with Gasteiger partial charge in [-0.05, 0) is 27.7 Å². The van der Waals surface area contributed by atoms with Gasteiger partial charge in [0.25, 0.3) is 0 Å². The van der Waals surface area contributed by atoms with Crippen molar-refractivity contribution in [1.82, 2.24) is 19.9 Å². The molecule has 7 heteroatoms. The van der Waals surface area contributed by atoms with E-state index in [9.17, 15) is 5.11 Å². The molecule has 0 aromatic carbocycles. The Kier molecular flexibility index (Phi) is 3.65. The van der Waals surface area contributed by atoms with Gasteiger partial charge in [0, 0.05) is 18.3 Å². The van der Waals surface area contributed by atoms with Crippen LogP contribution in [-0.4, -0.2) is 50.3 Å². The van der Waals surface area contributed by atoms with E-state index in [-0.39, 0.29) is 30.9 Å². The maximum atomic E-state index is 9.73. The molecular weight excluding hydrogens is 308 g/mol. The molecule has 130 valence electrons. The van der Waals surface area contributed by atoms with Crippen LogP contribution in [0.1, 0.15) is 38.1 Å². The SMILES string of the molecule is CCn1cc(C2NC(CO)C3OC(C)(C)OC23)c2ncnc(C)c21. The molecule has 0 radical (unpaired) electrons. The van der Waals surface area contributed by atoms with E-state index >= 15 is 0 Å². The zero-order chi connectivity index (χ0) is 17.1. The number of aromatic nitrogens is 3. The molecule has 0 amide bonds. The number of aliphatic hydroxyl groups excluding tert-OH is 1. The molecule has 24 heavy (non-hydrogen) atoms. The molecular formula is C17H24N4O3. The van der Waals surface area contributed by atoms with Gasteiger partial charge in [-0.15, -0.1) is 0 Å². The van der Waals surface area contributed by atoms with Crippen LogP contribution in [0.2, 0.25) is 0 Å². The second-order valence-corrected chi connectivity index (χ2v) is 7.02. The zero-order valence-corrected chi connectivity index (χ0v) is 14.5. The molecule has 2 saturated heterocycles. The van der Waals surface area contributed by atoms with Gasteiger partial charge in [0.2, 0.25) is 0 Å². The van der Waals surface area contributed by atoms with Gasteiger partial charge in [0.05, 0.1) is 35.4 Å². The number of aliphatic hydroxyl groups is 1. The summed E-state index contributed by atoms with van der Waals surface area (Å²) in [6.07, 6.45) is 3.41. The van der Waals surface area contributed by atoms with Crippen molar-refractivity contribution in [3.63, 3.8) is 0 Å². The summed E-state index contributed by atoms with van der Waals surface area (Å²) in [4.78, 5) is 8.85. The largest absolute Gasteiger partial charge is 0.395 e. The Morgan fingerprint density at radius 1 is 1.29 bits per heavy atom. The maximum Gasteiger partial charge on any atom is 0.163 e. The third kappa shape index (κ3) is 2.27. The first-order valence-electron chi connectivity index (χ1n) is 8.48. The van der Waals surface area contributed by atoms with Crippen LogP contribution < -0.4 is 5.32 Å². The lowest BCUT2D eigenvalue weighted by molar-refractivity contribution is -0.157. The fourth-order valence-corrected chi connectivity index (χ4v) is 4.02. The monoisotopic (exact) mass is 332 g/mol. The van der Waals surface area contributed by atoms with Gasteiger partial charge in [-0.1, -0.05) is 0 Å². The third-order valence-corrected chi connectivity index (χ3v) is 5.02. The summed E-state index contributed by atoms with van der Waals surface area (Å²) in [5.41, 5.74) is 4.03. The van der Waals surface area contributed by atoms with E-state index in [1.807, 2.05) is 20.8 Å². The lowest BCUT2D eigenvalue weighted by Gasteiger charge is -2.23. The molecule has 2 aliphatic rings. The Morgan fingerprint density at radius 3 is 2.75 bits per heavy atom. The van der Waals surface area contributed by atoms with Crippen molar-refractivity contribution in [3.05, 3.63) is 23.8 Å². The standard InChI is InChI=1S/C17H24N4O3/c1-5-21-6-10(12-14(21)9(2)18-8-19-12)13-16-15(11(7-22)20-13)23-17(3,4)24-16/h6,8,11,13,15-16,20,22H,5,7H2,1-4H3. The van der Waals surface area contributed by atoms with Crippen molar-refractivity contribution in [3.8, 4) is 0 Å². The van der Waals surface area contributed by atoms with Crippen molar-refractivity contribution >= 4 is 11.0 Å². The van der Waals surface area contributed by atoms with E-state index in [2.05, 4.69) is 33.0 Å². The molecule has 2 N–H and O–H groups in total. The van der Waals surface area contributed by atoms with E-state index in [0.29, 0.717) is 0 Å². The van der Waals surface area contributed by atoms with Gasteiger partial charge in [-0.25, -0.2) is 9.97 Å². The number of hydrogen-bond donors (Lipinski definition) is 2. The number of nitrogens with one attached hydrogen (secondary N) is 1. The Hall–Kier alpha value is -1.54. The molecule has 2 aliphatic heterocycles. The summed E-state index contributed by atoms with van der Waals surface area (Å²) in [7, 11) is 0. The number of rotatable bonds is 3. The van der Waals surface area contributed by atoms with E-state index in [4.69, 9.17) is 9.47 Å². The van der Waals surface area contributed by atoms with E-state index in [0.717, 1.165) is 28.8 Å². The fourth-order valence-electron chi connectivity index (χ4n) is 4.02. The first-order chi connectivity index (χ1) is 11.4. The summed E-state index contributed by atoms with van der Waals surface area (Å²) in [5, 5.41) is 13.2. The Labute approximate surface area is 141 Å². The van der Waals surface area contributed by atoms with E-state index in [1.165, 1.54) is 0 Å². The van der Waals surface area contributed by atoms with Gasteiger partial charge in [-0.3, -0.25) is 0 Å². The summed E-state index contributed by atoms with van der Waals surface area (Å²) in [6, 6.07) is -0.219. The average Bonchev–Trinajstić information content (AvgIpc) is 3.16. The predicted octanol–water partition coefficient (Wildman–Crippen LogP) is 1.28. The van der Waals surface area contributed by atoms with Crippen LogP contribution in [0.3, 0.4) is 0 Å². The number of aryl methyl sites for hydroxylation is 2. The zero-order valence-electron chi connectivity index (χ0n) is 14.5. The molecule has 0 spiro atoms. The van der Waals surface area contributed by atoms with Crippen molar-refractivity contribution in [2.75, 3.05) is 6.61 Å². The Bertz CT molecular complexity index is 773. The van der Waals surface area contributed by atoms with Gasteiger partial charge in [0.15, 0.2) is 5.79 Å². The topological polar surface area (TPSA) is 81.4 Å². The number of fused-ring (bicyclic) bond motifs is 2. The van der Waals surface area contributed by atoms with Crippen molar-refractivity contribution < 1.29 is 14.6 Å². The normalized spacial score (nSPS) is 31.7. The Balaban J connectivity index is 1.82. The van der Waals surface area contributed by atoms with Crippen LogP contribution in [0, 0.1) is 6.92 Å². The molecule has 2 fully saturated rings. The maximum absolute atomic E-state index is 9.73. The predicted molar refractivity (Wildman–Crippen MR) is 88.5 cm³/mol. The highest BCUT2D eigenvalue weighted by Crippen LogP contribution is 2.43. The van der Waals surface area contributed by atoms with E-state index < -0.39 is 5.79 Å². The highest BCUT2D eigenvalue weighted by molar-refractivity contribution is 5.82. The molecule has 4 unspecified atom stereocenters. The highest BCUT2D eigenvalue weighted by atomic mass is 16.8. The average molecular weight is 332 g/mol. The first-order valence-corrected chi connectivity index (χ1v) is 8.48. The van der Waals surface area contributed by atoms with Crippen molar-refractivity contribution in [2.24, 2.45) is 0 Å². The van der Waals surface area contributed by atoms with Crippen LogP contribution in [0.5, 0.6) is 0 Å². The summed E-state index contributed by atoms with van der Waals surface area (Å²) < 4.78 is 14.3. The molecule has 0 aliphatic carbocycles. The lowest BCUT2D eigenvalue weighted by atomic mass is 10.0. The molecule has 4 atom stereocenters. The minimum Gasteiger partial charge on any atom is -0.395 e. The molecule has 0 saturated carbocycles. The van der Waals surface area contributed by atoms with Gasteiger partial charge < -0.3 is 24.5 Å². The fraction of sp³-hybridized carbons (Fsp3) is 0.647. The van der Waals surface area contributed by atoms with Crippen LogP contribution in [0.15, 0.2) is 12.5 Å². The molecule has 4 rings (SSSR count). The van der Waals surface area contributed by atoms with Gasteiger partial charge in [-0.2, -0.15) is 0 Å². The number of ether oxygens (including phenoxy) is 2. The second kappa shape index (κ2) is 5.49. The summed E-state index contributed by atoms with van der Waals surface area (Å²) in [6.45, 7) is 8.79. The first kappa shape index (κ1) is 16.0. The van der Waals surface area contributed by atoms with Crippen molar-refractivity contribution in [1.29, 1.82) is 0 Å². The lowest BCUT2D eigenvalue weighted by Crippen LogP contribution is -2.38.